The summed E-state index contributed by atoms with van der Waals surface area (Å²) in [6, 6.07) is 77.0. The molecule has 2 heteroatoms. The van der Waals surface area contributed by atoms with Gasteiger partial charge in [0.05, 0.1) is 5.69 Å². The van der Waals surface area contributed by atoms with Gasteiger partial charge in [0.2, 0.25) is 0 Å². The standard InChI is InChI=1S/C52H35NS/c1-3-11-36(12-4-1)43-27-31-51-48(34-43)49-35-44(28-32-52(49)54-51)42-16-9-15-41(33-42)39-23-21-37(22-24-39)38-25-29-46(30-26-38)53(45-17-5-2-6-18-45)50-20-10-14-40-13-7-8-19-47(40)50/h1-35H. The van der Waals surface area contributed by atoms with Crippen LogP contribution in [0, 0.1) is 0 Å². The van der Waals surface area contributed by atoms with Crippen LogP contribution >= 0.6 is 11.3 Å². The smallest absolute Gasteiger partial charge is 0.0540 e. The maximum atomic E-state index is 2.37. The summed E-state index contributed by atoms with van der Waals surface area (Å²) >= 11 is 1.87. The van der Waals surface area contributed by atoms with Crippen molar-refractivity contribution in [3.05, 3.63) is 212 Å². The number of rotatable bonds is 7. The van der Waals surface area contributed by atoms with Gasteiger partial charge in [-0.05, 0) is 111 Å². The van der Waals surface area contributed by atoms with Crippen LogP contribution in [0.25, 0.3) is 75.5 Å². The summed E-state index contributed by atoms with van der Waals surface area (Å²) in [6.45, 7) is 0. The minimum atomic E-state index is 1.13. The summed E-state index contributed by atoms with van der Waals surface area (Å²) in [5, 5.41) is 5.09. The second kappa shape index (κ2) is 13.7. The average molecular weight is 706 g/mol. The lowest BCUT2D eigenvalue weighted by Crippen LogP contribution is -2.10. The van der Waals surface area contributed by atoms with Gasteiger partial charge >= 0.3 is 0 Å². The van der Waals surface area contributed by atoms with Gasteiger partial charge in [-0.15, -0.1) is 11.3 Å². The highest BCUT2D eigenvalue weighted by Crippen LogP contribution is 2.41. The Bertz CT molecular complexity index is 2900. The molecule has 1 nitrogen and oxygen atoms in total. The van der Waals surface area contributed by atoms with E-state index in [9.17, 15) is 0 Å². The van der Waals surface area contributed by atoms with Gasteiger partial charge in [-0.1, -0.05) is 152 Å². The van der Waals surface area contributed by atoms with Gasteiger partial charge in [0.25, 0.3) is 0 Å². The molecule has 0 aliphatic carbocycles. The first kappa shape index (κ1) is 32.0. The minimum Gasteiger partial charge on any atom is -0.310 e. The molecule has 0 amide bonds. The first-order valence-corrected chi connectivity index (χ1v) is 19.2. The Morgan fingerprint density at radius 2 is 0.704 bits per heavy atom. The van der Waals surface area contributed by atoms with E-state index in [2.05, 4.69) is 217 Å². The molecule has 0 unspecified atom stereocenters. The van der Waals surface area contributed by atoms with Crippen molar-refractivity contribution in [1.29, 1.82) is 0 Å². The van der Waals surface area contributed by atoms with Gasteiger partial charge in [-0.25, -0.2) is 0 Å². The maximum absolute atomic E-state index is 2.37. The Labute approximate surface area is 319 Å². The number of para-hydroxylation sites is 1. The lowest BCUT2D eigenvalue weighted by Gasteiger charge is -2.27. The van der Waals surface area contributed by atoms with Crippen LogP contribution in [0.2, 0.25) is 0 Å². The number of thiophene rings is 1. The number of nitrogens with zero attached hydrogens (tertiary/aromatic N) is 1. The number of anilines is 3. The highest BCUT2D eigenvalue weighted by molar-refractivity contribution is 7.25. The largest absolute Gasteiger partial charge is 0.310 e. The first-order valence-electron chi connectivity index (χ1n) is 18.4. The molecule has 254 valence electrons. The van der Waals surface area contributed by atoms with E-state index in [1.165, 1.54) is 81.1 Å². The van der Waals surface area contributed by atoms with E-state index in [0.717, 1.165) is 11.4 Å². The average Bonchev–Trinajstić information content (AvgIpc) is 3.62. The van der Waals surface area contributed by atoms with Gasteiger partial charge in [0.1, 0.15) is 0 Å². The van der Waals surface area contributed by atoms with Crippen LogP contribution in [0.5, 0.6) is 0 Å². The van der Waals surface area contributed by atoms with Gasteiger partial charge in [0.15, 0.2) is 0 Å². The zero-order chi connectivity index (χ0) is 35.8. The molecule has 0 bridgehead atoms. The fraction of sp³-hybridized carbons (Fsp3) is 0. The van der Waals surface area contributed by atoms with Gasteiger partial charge in [-0.3, -0.25) is 0 Å². The molecule has 10 rings (SSSR count). The van der Waals surface area contributed by atoms with E-state index in [0.29, 0.717) is 0 Å². The number of fused-ring (bicyclic) bond motifs is 4. The topological polar surface area (TPSA) is 3.24 Å². The molecule has 0 N–H and O–H groups in total. The first-order chi connectivity index (χ1) is 26.7. The summed E-state index contributed by atoms with van der Waals surface area (Å²) in [5.41, 5.74) is 13.2. The molecule has 0 saturated heterocycles. The van der Waals surface area contributed by atoms with Crippen LogP contribution in [-0.2, 0) is 0 Å². The third kappa shape index (κ3) is 5.93. The van der Waals surface area contributed by atoms with Gasteiger partial charge in [-0.2, -0.15) is 0 Å². The second-order valence-corrected chi connectivity index (χ2v) is 14.8. The van der Waals surface area contributed by atoms with Crippen molar-refractivity contribution in [3.63, 3.8) is 0 Å². The lowest BCUT2D eigenvalue weighted by atomic mass is 9.96. The van der Waals surface area contributed by atoms with Crippen LogP contribution in [-0.4, -0.2) is 0 Å². The third-order valence-electron chi connectivity index (χ3n) is 10.5. The number of hydrogen-bond donors (Lipinski definition) is 0. The van der Waals surface area contributed by atoms with Crippen molar-refractivity contribution in [2.45, 2.75) is 0 Å². The molecule has 10 aromatic rings. The van der Waals surface area contributed by atoms with E-state index in [4.69, 9.17) is 0 Å². The zero-order valence-electron chi connectivity index (χ0n) is 29.6. The lowest BCUT2D eigenvalue weighted by molar-refractivity contribution is 1.30. The SMILES string of the molecule is c1ccc(-c2ccc3sc4ccc(-c5cccc(-c6ccc(-c7ccc(N(c8ccccc8)c8cccc9ccccc89)cc7)cc6)c5)cc4c3c2)cc1. The molecule has 9 aromatic carbocycles. The van der Waals surface area contributed by atoms with Crippen LogP contribution in [0.15, 0.2) is 212 Å². The monoisotopic (exact) mass is 705 g/mol. The van der Waals surface area contributed by atoms with Crippen molar-refractivity contribution in [2.24, 2.45) is 0 Å². The molecule has 0 radical (unpaired) electrons. The summed E-state index contributed by atoms with van der Waals surface area (Å²) in [6.07, 6.45) is 0. The number of benzene rings is 9. The molecular formula is C52H35NS. The molecule has 0 saturated carbocycles. The van der Waals surface area contributed by atoms with Crippen LogP contribution in [0.3, 0.4) is 0 Å². The normalized spacial score (nSPS) is 11.3. The Morgan fingerprint density at radius 3 is 1.39 bits per heavy atom. The van der Waals surface area contributed by atoms with Crippen molar-refractivity contribution in [3.8, 4) is 44.5 Å². The van der Waals surface area contributed by atoms with E-state index in [1.54, 1.807) is 0 Å². The van der Waals surface area contributed by atoms with E-state index in [1.807, 2.05) is 11.3 Å². The molecule has 0 spiro atoms. The highest BCUT2D eigenvalue weighted by atomic mass is 32.1. The molecular weight excluding hydrogens is 671 g/mol. The Kier molecular flexibility index (Phi) is 8.09. The fourth-order valence-corrected chi connectivity index (χ4v) is 8.78. The van der Waals surface area contributed by atoms with E-state index in [-0.39, 0.29) is 0 Å². The van der Waals surface area contributed by atoms with Crippen LogP contribution in [0.1, 0.15) is 0 Å². The van der Waals surface area contributed by atoms with Crippen LogP contribution < -0.4 is 4.90 Å². The van der Waals surface area contributed by atoms with Gasteiger partial charge < -0.3 is 4.90 Å². The third-order valence-corrected chi connectivity index (χ3v) is 11.6. The Hall–Kier alpha value is -6.74. The zero-order valence-corrected chi connectivity index (χ0v) is 30.4. The molecule has 1 aromatic heterocycles. The maximum Gasteiger partial charge on any atom is 0.0540 e. The molecule has 0 aliphatic rings. The minimum absolute atomic E-state index is 1.13. The number of hydrogen-bond acceptors (Lipinski definition) is 2. The van der Waals surface area contributed by atoms with Crippen molar-refractivity contribution in [2.75, 3.05) is 4.90 Å². The van der Waals surface area contributed by atoms with E-state index >= 15 is 0 Å². The van der Waals surface area contributed by atoms with Gasteiger partial charge in [0, 0.05) is 36.9 Å². The second-order valence-electron chi connectivity index (χ2n) is 13.8. The Balaban J connectivity index is 0.937. The summed E-state index contributed by atoms with van der Waals surface area (Å²) in [5.74, 6) is 0. The summed E-state index contributed by atoms with van der Waals surface area (Å²) < 4.78 is 2.64. The fourth-order valence-electron chi connectivity index (χ4n) is 7.71. The molecule has 0 aliphatic heterocycles. The predicted octanol–water partition coefficient (Wildman–Crippen LogP) is 15.3. The predicted molar refractivity (Wildman–Crippen MR) is 233 cm³/mol. The molecule has 0 fully saturated rings. The quantitative estimate of drug-likeness (QED) is 0.160. The van der Waals surface area contributed by atoms with Crippen molar-refractivity contribution < 1.29 is 0 Å². The van der Waals surface area contributed by atoms with Crippen LogP contribution in [0.4, 0.5) is 17.1 Å². The summed E-state index contributed by atoms with van der Waals surface area (Å²) in [4.78, 5) is 2.35. The highest BCUT2D eigenvalue weighted by Gasteiger charge is 2.15. The van der Waals surface area contributed by atoms with Crippen molar-refractivity contribution in [1.82, 2.24) is 0 Å². The van der Waals surface area contributed by atoms with E-state index < -0.39 is 0 Å². The molecule has 1 heterocycles. The van der Waals surface area contributed by atoms with Crippen molar-refractivity contribution >= 4 is 59.3 Å². The molecule has 0 atom stereocenters. The Morgan fingerprint density at radius 1 is 0.278 bits per heavy atom. The summed E-state index contributed by atoms with van der Waals surface area (Å²) in [7, 11) is 0. The molecule has 54 heavy (non-hydrogen) atoms.